The lowest BCUT2D eigenvalue weighted by Crippen LogP contribution is -2.28. The van der Waals surface area contributed by atoms with Gasteiger partial charge in [-0.05, 0) is 37.1 Å². The molecule has 2 N–H and O–H groups in total. The first kappa shape index (κ1) is 11.2. The van der Waals surface area contributed by atoms with Crippen molar-refractivity contribution in [2.45, 2.75) is 19.5 Å². The molecule has 16 heavy (non-hydrogen) atoms. The van der Waals surface area contributed by atoms with Crippen LogP contribution in [-0.2, 0) is 5.67 Å². The molecule has 0 spiro atoms. The van der Waals surface area contributed by atoms with Crippen LogP contribution >= 0.6 is 0 Å². The summed E-state index contributed by atoms with van der Waals surface area (Å²) in [4.78, 5) is 0. The highest BCUT2D eigenvalue weighted by Crippen LogP contribution is 2.37. The molecule has 3 nitrogen and oxygen atoms in total. The number of aryl methyl sites for hydroxylation is 1. The standard InChI is InChI=1S/C12H16FNO2/c1-8-5-10-11(16-4-3-15-10)6-9(8)12(2,13)7-14/h5-6H,3-4,7,14H2,1-2H3. The van der Waals surface area contributed by atoms with Crippen molar-refractivity contribution in [3.8, 4) is 11.5 Å². The van der Waals surface area contributed by atoms with Crippen molar-refractivity contribution in [3.05, 3.63) is 23.3 Å². The molecule has 2 rings (SSSR count). The van der Waals surface area contributed by atoms with Gasteiger partial charge in [0.25, 0.3) is 0 Å². The maximum atomic E-state index is 14.2. The largest absolute Gasteiger partial charge is 0.486 e. The number of hydrogen-bond donors (Lipinski definition) is 1. The minimum Gasteiger partial charge on any atom is -0.486 e. The van der Waals surface area contributed by atoms with E-state index in [0.717, 1.165) is 5.56 Å². The summed E-state index contributed by atoms with van der Waals surface area (Å²) in [5.74, 6) is 1.28. The van der Waals surface area contributed by atoms with E-state index >= 15 is 0 Å². The van der Waals surface area contributed by atoms with Crippen LogP contribution in [-0.4, -0.2) is 19.8 Å². The number of hydrogen-bond acceptors (Lipinski definition) is 3. The Hall–Kier alpha value is -1.29. The molecule has 0 fully saturated rings. The van der Waals surface area contributed by atoms with E-state index in [-0.39, 0.29) is 6.54 Å². The molecule has 0 radical (unpaired) electrons. The first-order valence-electron chi connectivity index (χ1n) is 5.34. The minimum atomic E-state index is -1.53. The van der Waals surface area contributed by atoms with Crippen LogP contribution in [0.4, 0.5) is 4.39 Å². The van der Waals surface area contributed by atoms with Crippen molar-refractivity contribution < 1.29 is 13.9 Å². The highest BCUT2D eigenvalue weighted by Gasteiger charge is 2.28. The second-order valence-corrected chi connectivity index (χ2v) is 4.21. The molecule has 0 saturated heterocycles. The summed E-state index contributed by atoms with van der Waals surface area (Å²) < 4.78 is 25.0. The topological polar surface area (TPSA) is 44.5 Å². The first-order valence-corrected chi connectivity index (χ1v) is 5.34. The molecule has 4 heteroatoms. The van der Waals surface area contributed by atoms with E-state index < -0.39 is 5.67 Å². The molecule has 1 aromatic rings. The van der Waals surface area contributed by atoms with Gasteiger partial charge in [-0.3, -0.25) is 0 Å². The van der Waals surface area contributed by atoms with Crippen LogP contribution < -0.4 is 15.2 Å². The number of benzene rings is 1. The molecule has 0 amide bonds. The number of fused-ring (bicyclic) bond motifs is 1. The van der Waals surface area contributed by atoms with Gasteiger partial charge in [0.1, 0.15) is 18.9 Å². The average molecular weight is 225 g/mol. The number of rotatable bonds is 2. The van der Waals surface area contributed by atoms with Gasteiger partial charge in [0.05, 0.1) is 0 Å². The van der Waals surface area contributed by atoms with E-state index in [4.69, 9.17) is 15.2 Å². The van der Waals surface area contributed by atoms with Crippen LogP contribution in [0.25, 0.3) is 0 Å². The van der Waals surface area contributed by atoms with Crippen LogP contribution in [0, 0.1) is 6.92 Å². The van der Waals surface area contributed by atoms with E-state index in [1.165, 1.54) is 6.92 Å². The predicted octanol–water partition coefficient (Wildman–Crippen LogP) is 1.91. The van der Waals surface area contributed by atoms with Gasteiger partial charge in [0.2, 0.25) is 0 Å². The fraction of sp³-hybridized carbons (Fsp3) is 0.500. The monoisotopic (exact) mass is 225 g/mol. The van der Waals surface area contributed by atoms with Crippen molar-refractivity contribution >= 4 is 0 Å². The van der Waals surface area contributed by atoms with Gasteiger partial charge >= 0.3 is 0 Å². The van der Waals surface area contributed by atoms with Gasteiger partial charge in [-0.1, -0.05) is 0 Å². The summed E-state index contributed by atoms with van der Waals surface area (Å²) in [6.45, 7) is 4.32. The van der Waals surface area contributed by atoms with E-state index in [1.807, 2.05) is 6.92 Å². The third kappa shape index (κ3) is 1.85. The molecule has 1 heterocycles. The van der Waals surface area contributed by atoms with Gasteiger partial charge in [-0.15, -0.1) is 0 Å². The molecular weight excluding hydrogens is 209 g/mol. The van der Waals surface area contributed by atoms with Crippen molar-refractivity contribution in [1.29, 1.82) is 0 Å². The highest BCUT2D eigenvalue weighted by molar-refractivity contribution is 5.49. The van der Waals surface area contributed by atoms with Crippen molar-refractivity contribution in [1.82, 2.24) is 0 Å². The molecule has 1 aliphatic rings. The molecular formula is C12H16FNO2. The number of halogens is 1. The fourth-order valence-electron chi connectivity index (χ4n) is 1.86. The molecule has 0 aliphatic carbocycles. The van der Waals surface area contributed by atoms with Crippen LogP contribution in [0.15, 0.2) is 12.1 Å². The maximum absolute atomic E-state index is 14.2. The van der Waals surface area contributed by atoms with Crippen LogP contribution in [0.5, 0.6) is 11.5 Å². The third-order valence-electron chi connectivity index (χ3n) is 2.83. The zero-order valence-corrected chi connectivity index (χ0v) is 9.55. The number of alkyl halides is 1. The summed E-state index contributed by atoms with van der Waals surface area (Å²) >= 11 is 0. The Bertz CT molecular complexity index is 404. The van der Waals surface area contributed by atoms with Crippen molar-refractivity contribution in [3.63, 3.8) is 0 Å². The average Bonchev–Trinajstić information content (AvgIpc) is 2.28. The molecule has 88 valence electrons. The van der Waals surface area contributed by atoms with Gasteiger partial charge < -0.3 is 15.2 Å². The van der Waals surface area contributed by atoms with E-state index in [0.29, 0.717) is 30.3 Å². The van der Waals surface area contributed by atoms with Gasteiger partial charge in [-0.2, -0.15) is 0 Å². The van der Waals surface area contributed by atoms with Crippen LogP contribution in [0.2, 0.25) is 0 Å². The summed E-state index contributed by atoms with van der Waals surface area (Å²) in [5.41, 5.74) is 5.31. The quantitative estimate of drug-likeness (QED) is 0.836. The zero-order chi connectivity index (χ0) is 11.8. The van der Waals surface area contributed by atoms with Crippen molar-refractivity contribution in [2.24, 2.45) is 5.73 Å². The fourth-order valence-corrected chi connectivity index (χ4v) is 1.86. The van der Waals surface area contributed by atoms with Gasteiger partial charge in [0, 0.05) is 6.54 Å². The van der Waals surface area contributed by atoms with Crippen LogP contribution in [0.3, 0.4) is 0 Å². The van der Waals surface area contributed by atoms with Crippen LogP contribution in [0.1, 0.15) is 18.1 Å². The highest BCUT2D eigenvalue weighted by atomic mass is 19.1. The Morgan fingerprint density at radius 3 is 2.44 bits per heavy atom. The molecule has 0 saturated carbocycles. The molecule has 1 atom stereocenters. The molecule has 1 aromatic carbocycles. The number of ether oxygens (including phenoxy) is 2. The Labute approximate surface area is 94.3 Å². The van der Waals surface area contributed by atoms with E-state index in [1.54, 1.807) is 12.1 Å². The Morgan fingerprint density at radius 2 is 1.88 bits per heavy atom. The maximum Gasteiger partial charge on any atom is 0.161 e. The lowest BCUT2D eigenvalue weighted by molar-refractivity contribution is 0.167. The van der Waals surface area contributed by atoms with E-state index in [9.17, 15) is 4.39 Å². The molecule has 1 aliphatic heterocycles. The number of nitrogens with two attached hydrogens (primary N) is 1. The Morgan fingerprint density at radius 1 is 1.31 bits per heavy atom. The predicted molar refractivity (Wildman–Crippen MR) is 59.7 cm³/mol. The minimum absolute atomic E-state index is 0.0481. The normalized spacial score (nSPS) is 18.0. The summed E-state index contributed by atoms with van der Waals surface area (Å²) in [5, 5.41) is 0. The molecule has 0 bridgehead atoms. The first-order chi connectivity index (χ1) is 7.54. The van der Waals surface area contributed by atoms with Gasteiger partial charge in [0.15, 0.2) is 11.5 Å². The smallest absolute Gasteiger partial charge is 0.161 e. The molecule has 1 unspecified atom stereocenters. The van der Waals surface area contributed by atoms with Gasteiger partial charge in [-0.25, -0.2) is 4.39 Å². The van der Waals surface area contributed by atoms with E-state index in [2.05, 4.69) is 0 Å². The third-order valence-corrected chi connectivity index (χ3v) is 2.83. The lowest BCUT2D eigenvalue weighted by atomic mass is 9.93. The lowest BCUT2D eigenvalue weighted by Gasteiger charge is -2.25. The second kappa shape index (κ2) is 3.94. The summed E-state index contributed by atoms with van der Waals surface area (Å²) in [6, 6.07) is 3.49. The second-order valence-electron chi connectivity index (χ2n) is 4.21. The Balaban J connectivity index is 2.47. The zero-order valence-electron chi connectivity index (χ0n) is 9.55. The SMILES string of the molecule is Cc1cc2c(cc1C(C)(F)CN)OCCO2. The Kier molecular flexibility index (Phi) is 2.76. The van der Waals surface area contributed by atoms with Crippen molar-refractivity contribution in [2.75, 3.05) is 19.8 Å². The summed E-state index contributed by atoms with van der Waals surface area (Å²) in [7, 11) is 0. The molecule has 0 aromatic heterocycles. The summed E-state index contributed by atoms with van der Waals surface area (Å²) in [6.07, 6.45) is 0.